The van der Waals surface area contributed by atoms with Gasteiger partial charge in [-0.25, -0.2) is 4.68 Å². The Kier molecular flexibility index (Phi) is 7.71. The van der Waals surface area contributed by atoms with E-state index in [4.69, 9.17) is 24.7 Å². The molecule has 1 rings (SSSR count). The smallest absolute Gasteiger partial charge is 0.177 e. The lowest BCUT2D eigenvalue weighted by Crippen LogP contribution is -2.11. The van der Waals surface area contributed by atoms with Crippen LogP contribution in [0.15, 0.2) is 6.20 Å². The third-order valence-corrected chi connectivity index (χ3v) is 2.10. The Morgan fingerprint density at radius 2 is 2.05 bits per heavy atom. The van der Waals surface area contributed by atoms with Crippen LogP contribution in [0.5, 0.6) is 0 Å². The summed E-state index contributed by atoms with van der Waals surface area (Å²) in [6.07, 6.45) is 1.76. The number of nitrogens with one attached hydrogen (secondary N) is 1. The SMILES string of the molecule is CC(=N)OCc1cn(CCOCCOCCO)nn1. The molecule has 0 saturated carbocycles. The van der Waals surface area contributed by atoms with Gasteiger partial charge in [0.1, 0.15) is 12.3 Å². The molecule has 0 atom stereocenters. The van der Waals surface area contributed by atoms with Crippen molar-refractivity contribution in [2.24, 2.45) is 0 Å². The lowest BCUT2D eigenvalue weighted by molar-refractivity contribution is 0.0302. The minimum Gasteiger partial charge on any atom is -0.475 e. The van der Waals surface area contributed by atoms with Crippen molar-refractivity contribution >= 4 is 5.90 Å². The van der Waals surface area contributed by atoms with Gasteiger partial charge in [-0.1, -0.05) is 5.21 Å². The molecular formula is C11H20N4O4. The number of hydrogen-bond acceptors (Lipinski definition) is 7. The molecule has 1 heterocycles. The second-order valence-corrected chi connectivity index (χ2v) is 3.77. The fourth-order valence-electron chi connectivity index (χ4n) is 1.24. The maximum Gasteiger partial charge on any atom is 0.177 e. The van der Waals surface area contributed by atoms with Gasteiger partial charge in [-0.3, -0.25) is 5.41 Å². The number of rotatable bonds is 10. The van der Waals surface area contributed by atoms with Crippen LogP contribution in [0.4, 0.5) is 0 Å². The predicted octanol–water partition coefficient (Wildman–Crippen LogP) is -0.183. The summed E-state index contributed by atoms with van der Waals surface area (Å²) < 4.78 is 17.1. The molecule has 0 spiro atoms. The first-order chi connectivity index (χ1) is 9.22. The maximum absolute atomic E-state index is 8.49. The third-order valence-electron chi connectivity index (χ3n) is 2.10. The van der Waals surface area contributed by atoms with E-state index in [0.29, 0.717) is 38.7 Å². The van der Waals surface area contributed by atoms with Crippen molar-refractivity contribution in [3.8, 4) is 0 Å². The summed E-state index contributed by atoms with van der Waals surface area (Å²) in [5, 5.41) is 23.4. The Morgan fingerprint density at radius 1 is 1.32 bits per heavy atom. The number of aromatic nitrogens is 3. The Morgan fingerprint density at radius 3 is 2.74 bits per heavy atom. The van der Waals surface area contributed by atoms with E-state index in [9.17, 15) is 0 Å². The van der Waals surface area contributed by atoms with Crippen molar-refractivity contribution in [2.75, 3.05) is 33.0 Å². The van der Waals surface area contributed by atoms with Crippen LogP contribution in [0.2, 0.25) is 0 Å². The van der Waals surface area contributed by atoms with E-state index in [0.717, 1.165) is 0 Å². The van der Waals surface area contributed by atoms with Gasteiger partial charge in [0, 0.05) is 6.92 Å². The van der Waals surface area contributed by atoms with E-state index in [1.165, 1.54) is 0 Å². The molecule has 0 aromatic carbocycles. The Labute approximate surface area is 111 Å². The van der Waals surface area contributed by atoms with Crippen molar-refractivity contribution in [2.45, 2.75) is 20.1 Å². The molecule has 0 aliphatic rings. The number of nitrogens with zero attached hydrogens (tertiary/aromatic N) is 3. The summed E-state index contributed by atoms with van der Waals surface area (Å²) in [6, 6.07) is 0. The van der Waals surface area contributed by atoms with Crippen LogP contribution in [0.3, 0.4) is 0 Å². The Balaban J connectivity index is 2.07. The highest BCUT2D eigenvalue weighted by molar-refractivity contribution is 5.69. The van der Waals surface area contributed by atoms with Crippen LogP contribution in [0.1, 0.15) is 12.6 Å². The van der Waals surface area contributed by atoms with Crippen LogP contribution in [0, 0.1) is 5.41 Å². The van der Waals surface area contributed by atoms with E-state index >= 15 is 0 Å². The summed E-state index contributed by atoms with van der Waals surface area (Å²) in [5.74, 6) is 0.153. The molecule has 0 bridgehead atoms. The quantitative estimate of drug-likeness (QED) is 0.348. The van der Waals surface area contributed by atoms with Gasteiger partial charge in [0.15, 0.2) is 5.90 Å². The fraction of sp³-hybridized carbons (Fsp3) is 0.727. The highest BCUT2D eigenvalue weighted by atomic mass is 16.5. The molecule has 0 saturated heterocycles. The standard InChI is InChI=1S/C11H20N4O4/c1-10(12)19-9-11-8-15(14-13-11)2-4-17-6-7-18-5-3-16/h8,12,16H,2-7,9H2,1H3. The van der Waals surface area contributed by atoms with E-state index in [1.807, 2.05) is 0 Å². The van der Waals surface area contributed by atoms with Crippen LogP contribution in [0.25, 0.3) is 0 Å². The largest absolute Gasteiger partial charge is 0.475 e. The zero-order valence-corrected chi connectivity index (χ0v) is 11.0. The van der Waals surface area contributed by atoms with Gasteiger partial charge in [-0.15, -0.1) is 5.10 Å². The fourth-order valence-corrected chi connectivity index (χ4v) is 1.24. The first-order valence-corrected chi connectivity index (χ1v) is 6.05. The average Bonchev–Trinajstić information content (AvgIpc) is 2.83. The highest BCUT2D eigenvalue weighted by Crippen LogP contribution is 1.96. The molecule has 2 N–H and O–H groups in total. The van der Waals surface area contributed by atoms with E-state index in [2.05, 4.69) is 10.3 Å². The third kappa shape index (κ3) is 7.50. The second kappa shape index (κ2) is 9.42. The Bertz CT molecular complexity index is 369. The summed E-state index contributed by atoms with van der Waals surface area (Å²) in [5.41, 5.74) is 0.679. The van der Waals surface area contributed by atoms with Crippen molar-refractivity contribution < 1.29 is 19.3 Å². The molecule has 0 unspecified atom stereocenters. The van der Waals surface area contributed by atoms with Crippen LogP contribution >= 0.6 is 0 Å². The normalized spacial score (nSPS) is 10.6. The maximum atomic E-state index is 8.49. The summed E-state index contributed by atoms with van der Waals surface area (Å²) in [4.78, 5) is 0. The Hall–Kier alpha value is -1.51. The van der Waals surface area contributed by atoms with Gasteiger partial charge in [0.2, 0.25) is 0 Å². The molecule has 108 valence electrons. The van der Waals surface area contributed by atoms with Crippen LogP contribution in [-0.4, -0.2) is 59.0 Å². The summed E-state index contributed by atoms with van der Waals surface area (Å²) in [6.45, 7) is 4.24. The molecule has 0 aliphatic carbocycles. The second-order valence-electron chi connectivity index (χ2n) is 3.77. The van der Waals surface area contributed by atoms with Crippen LogP contribution < -0.4 is 0 Å². The minimum atomic E-state index is 0.0268. The highest BCUT2D eigenvalue weighted by Gasteiger charge is 2.01. The van der Waals surface area contributed by atoms with Crippen molar-refractivity contribution in [1.29, 1.82) is 5.41 Å². The minimum absolute atomic E-state index is 0.0268. The zero-order valence-electron chi connectivity index (χ0n) is 11.0. The van der Waals surface area contributed by atoms with Crippen molar-refractivity contribution in [3.63, 3.8) is 0 Å². The first-order valence-electron chi connectivity index (χ1n) is 6.05. The average molecular weight is 272 g/mol. The number of aliphatic hydroxyl groups is 1. The summed E-state index contributed by atoms with van der Waals surface area (Å²) in [7, 11) is 0. The molecule has 8 nitrogen and oxygen atoms in total. The predicted molar refractivity (Wildman–Crippen MR) is 66.9 cm³/mol. The molecular weight excluding hydrogens is 252 g/mol. The van der Waals surface area contributed by atoms with Gasteiger partial charge in [-0.2, -0.15) is 0 Å². The van der Waals surface area contributed by atoms with Crippen LogP contribution in [-0.2, 0) is 27.4 Å². The van der Waals surface area contributed by atoms with Crippen molar-refractivity contribution in [3.05, 3.63) is 11.9 Å². The van der Waals surface area contributed by atoms with E-state index in [-0.39, 0.29) is 19.1 Å². The molecule has 0 fully saturated rings. The lowest BCUT2D eigenvalue weighted by Gasteiger charge is -2.04. The lowest BCUT2D eigenvalue weighted by atomic mass is 10.5. The number of ether oxygens (including phenoxy) is 3. The summed E-state index contributed by atoms with van der Waals surface area (Å²) >= 11 is 0. The van der Waals surface area contributed by atoms with Gasteiger partial charge in [0.05, 0.1) is 45.8 Å². The van der Waals surface area contributed by atoms with E-state index < -0.39 is 0 Å². The molecule has 0 aliphatic heterocycles. The molecule has 19 heavy (non-hydrogen) atoms. The number of aliphatic hydroxyl groups excluding tert-OH is 1. The molecule has 0 radical (unpaired) electrons. The molecule has 1 aromatic rings. The molecule has 0 amide bonds. The molecule has 8 heteroatoms. The number of hydrogen-bond donors (Lipinski definition) is 2. The zero-order chi connectivity index (χ0) is 13.9. The van der Waals surface area contributed by atoms with Crippen molar-refractivity contribution in [1.82, 2.24) is 15.0 Å². The topological polar surface area (TPSA) is 102 Å². The van der Waals surface area contributed by atoms with E-state index in [1.54, 1.807) is 17.8 Å². The van der Waals surface area contributed by atoms with Gasteiger partial charge >= 0.3 is 0 Å². The monoisotopic (exact) mass is 272 g/mol. The van der Waals surface area contributed by atoms with Gasteiger partial charge in [-0.05, 0) is 0 Å². The first kappa shape index (κ1) is 15.5. The van der Waals surface area contributed by atoms with Gasteiger partial charge < -0.3 is 19.3 Å². The molecule has 1 aromatic heterocycles. The van der Waals surface area contributed by atoms with Gasteiger partial charge in [0.25, 0.3) is 0 Å².